The topological polar surface area (TPSA) is 88.6 Å². The van der Waals surface area contributed by atoms with Gasteiger partial charge in [-0.05, 0) is 25.0 Å². The molecule has 0 spiro atoms. The molecule has 2 aliphatic heterocycles. The minimum atomic E-state index is -4.05. The van der Waals surface area contributed by atoms with Crippen LogP contribution in [0, 0.1) is 11.6 Å². The number of benzene rings is 1. The van der Waals surface area contributed by atoms with Gasteiger partial charge in [-0.15, -0.1) is 11.3 Å². The Balaban J connectivity index is 1.51. The molecule has 2 aliphatic rings. The van der Waals surface area contributed by atoms with Gasteiger partial charge in [-0.3, -0.25) is 10.1 Å². The molecule has 1 N–H and O–H groups in total. The molecule has 1 atom stereocenters. The van der Waals surface area contributed by atoms with Gasteiger partial charge in [0.25, 0.3) is 5.91 Å². The fraction of sp³-hybridized carbons (Fsp3) is 0.412. The molecule has 0 aliphatic carbocycles. The maximum absolute atomic E-state index is 13.4. The predicted molar refractivity (Wildman–Crippen MR) is 97.4 cm³/mol. The van der Waals surface area contributed by atoms with Gasteiger partial charge in [-0.25, -0.2) is 22.2 Å². The fourth-order valence-electron chi connectivity index (χ4n) is 3.23. The molecule has 4 rings (SSSR count). The quantitative estimate of drug-likeness (QED) is 0.806. The molecule has 2 aromatic rings. The van der Waals surface area contributed by atoms with Crippen LogP contribution in [0.1, 0.15) is 23.4 Å². The van der Waals surface area contributed by atoms with Gasteiger partial charge >= 0.3 is 0 Å². The number of hydrogen-bond acceptors (Lipinski definition) is 6. The summed E-state index contributed by atoms with van der Waals surface area (Å²) in [5.74, 6) is -2.16. The second-order valence-corrected chi connectivity index (χ2v) is 9.60. The molecule has 3 heterocycles. The van der Waals surface area contributed by atoms with Crippen molar-refractivity contribution >= 4 is 32.4 Å². The van der Waals surface area contributed by atoms with Crippen LogP contribution in [0.25, 0.3) is 0 Å². The van der Waals surface area contributed by atoms with E-state index >= 15 is 0 Å². The summed E-state index contributed by atoms with van der Waals surface area (Å²) >= 11 is 1.19. The average molecular weight is 429 g/mol. The summed E-state index contributed by atoms with van der Waals surface area (Å²) < 4.78 is 58.9. The van der Waals surface area contributed by atoms with E-state index in [2.05, 4.69) is 10.3 Å². The van der Waals surface area contributed by atoms with Crippen LogP contribution in [0.4, 0.5) is 13.9 Å². The smallest absolute Gasteiger partial charge is 0.255 e. The van der Waals surface area contributed by atoms with Crippen LogP contribution in [-0.2, 0) is 32.5 Å². The minimum absolute atomic E-state index is 0.0310. The number of amides is 1. The van der Waals surface area contributed by atoms with Crippen LogP contribution in [0.5, 0.6) is 0 Å². The molecule has 1 unspecified atom stereocenters. The highest BCUT2D eigenvalue weighted by molar-refractivity contribution is 7.89. The van der Waals surface area contributed by atoms with Crippen molar-refractivity contribution in [2.45, 2.75) is 36.8 Å². The summed E-state index contributed by atoms with van der Waals surface area (Å²) in [6, 6.07) is 2.22. The molecular formula is C17H17F2N3O4S2. The zero-order valence-electron chi connectivity index (χ0n) is 14.7. The molecule has 7 nitrogen and oxygen atoms in total. The van der Waals surface area contributed by atoms with E-state index in [1.54, 1.807) is 0 Å². The van der Waals surface area contributed by atoms with Crippen molar-refractivity contribution in [3.05, 3.63) is 40.4 Å². The first-order valence-corrected chi connectivity index (χ1v) is 11.0. The zero-order valence-corrected chi connectivity index (χ0v) is 16.3. The summed E-state index contributed by atoms with van der Waals surface area (Å²) in [6.07, 6.45) is 1.35. The molecule has 1 saturated heterocycles. The monoisotopic (exact) mass is 429 g/mol. The third-order valence-corrected chi connectivity index (χ3v) is 7.44. The molecule has 28 heavy (non-hydrogen) atoms. The van der Waals surface area contributed by atoms with Crippen LogP contribution < -0.4 is 5.32 Å². The molecule has 0 bridgehead atoms. The number of hydrogen-bond donors (Lipinski definition) is 1. The number of carbonyl (C=O) groups is 1. The first-order valence-electron chi connectivity index (χ1n) is 8.70. The highest BCUT2D eigenvalue weighted by Gasteiger charge is 2.32. The lowest BCUT2D eigenvalue weighted by Crippen LogP contribution is -2.35. The highest BCUT2D eigenvalue weighted by atomic mass is 32.2. The Bertz CT molecular complexity index is 999. The van der Waals surface area contributed by atoms with E-state index < -0.39 is 32.7 Å². The van der Waals surface area contributed by atoms with Gasteiger partial charge in [0.2, 0.25) is 10.0 Å². The first kappa shape index (κ1) is 19.4. The maximum Gasteiger partial charge on any atom is 0.255 e. The van der Waals surface area contributed by atoms with Crippen molar-refractivity contribution in [2.75, 3.05) is 18.5 Å². The van der Waals surface area contributed by atoms with E-state index in [9.17, 15) is 22.0 Å². The summed E-state index contributed by atoms with van der Waals surface area (Å²) in [5.41, 5.74) is 0.713. The lowest BCUT2D eigenvalue weighted by atomic mass is 10.2. The van der Waals surface area contributed by atoms with E-state index in [0.29, 0.717) is 41.2 Å². The SMILES string of the molecule is O=C(Nc1nc2c(s1)CN(S(=O)(=O)c1cc(F)cc(F)c1)CC2)C1CCCO1. The Morgan fingerprint density at radius 3 is 2.71 bits per heavy atom. The number of carbonyl (C=O) groups excluding carboxylic acids is 1. The van der Waals surface area contributed by atoms with E-state index in [0.717, 1.165) is 22.9 Å². The van der Waals surface area contributed by atoms with E-state index in [-0.39, 0.29) is 19.0 Å². The van der Waals surface area contributed by atoms with E-state index in [1.165, 1.54) is 11.3 Å². The lowest BCUT2D eigenvalue weighted by molar-refractivity contribution is -0.124. The molecular weight excluding hydrogens is 412 g/mol. The molecule has 1 fully saturated rings. The number of thiazole rings is 1. The Kier molecular flexibility index (Phi) is 5.17. The van der Waals surface area contributed by atoms with Crippen LogP contribution in [0.15, 0.2) is 23.1 Å². The third-order valence-electron chi connectivity index (χ3n) is 4.62. The number of halogens is 2. The minimum Gasteiger partial charge on any atom is -0.368 e. The zero-order chi connectivity index (χ0) is 19.9. The van der Waals surface area contributed by atoms with Crippen molar-refractivity contribution < 1.29 is 26.7 Å². The number of nitrogens with zero attached hydrogens (tertiary/aromatic N) is 2. The molecule has 1 aromatic heterocycles. The standard InChI is InChI=1S/C17H17F2N3O4S2/c18-10-6-11(19)8-12(7-10)28(24,25)22-4-3-13-15(9-22)27-17(20-13)21-16(23)14-2-1-5-26-14/h6-8,14H,1-5,9H2,(H,20,21,23). The average Bonchev–Trinajstić information content (AvgIpc) is 3.29. The van der Waals surface area contributed by atoms with Crippen LogP contribution in [0.3, 0.4) is 0 Å². The van der Waals surface area contributed by atoms with Gasteiger partial charge in [-0.1, -0.05) is 0 Å². The second kappa shape index (κ2) is 7.47. The summed E-state index contributed by atoms with van der Waals surface area (Å²) in [7, 11) is -4.05. The van der Waals surface area contributed by atoms with Crippen molar-refractivity contribution in [3.63, 3.8) is 0 Å². The normalized spacial score (nSPS) is 20.1. The number of aromatic nitrogens is 1. The lowest BCUT2D eigenvalue weighted by Gasteiger charge is -2.25. The van der Waals surface area contributed by atoms with Gasteiger partial charge in [0.1, 0.15) is 17.7 Å². The van der Waals surface area contributed by atoms with Gasteiger partial charge in [0.15, 0.2) is 5.13 Å². The third kappa shape index (κ3) is 3.79. The van der Waals surface area contributed by atoms with Gasteiger partial charge in [0.05, 0.1) is 17.1 Å². The number of rotatable bonds is 4. The number of sulfonamides is 1. The first-order chi connectivity index (χ1) is 13.3. The molecule has 1 amide bonds. The molecule has 0 saturated carbocycles. The van der Waals surface area contributed by atoms with Crippen LogP contribution in [-0.4, -0.2) is 42.9 Å². The van der Waals surface area contributed by atoms with Crippen molar-refractivity contribution in [1.82, 2.24) is 9.29 Å². The molecule has 150 valence electrons. The van der Waals surface area contributed by atoms with Crippen molar-refractivity contribution in [1.29, 1.82) is 0 Å². The second-order valence-electron chi connectivity index (χ2n) is 6.57. The molecule has 0 radical (unpaired) electrons. The summed E-state index contributed by atoms with van der Waals surface area (Å²) in [5, 5.41) is 3.11. The number of fused-ring (bicyclic) bond motifs is 1. The fourth-order valence-corrected chi connectivity index (χ4v) is 5.79. The van der Waals surface area contributed by atoms with Crippen molar-refractivity contribution in [3.8, 4) is 0 Å². The van der Waals surface area contributed by atoms with Gasteiger partial charge in [-0.2, -0.15) is 4.31 Å². The Morgan fingerprint density at radius 1 is 1.29 bits per heavy atom. The Hall–Kier alpha value is -1.95. The van der Waals surface area contributed by atoms with Crippen LogP contribution in [0.2, 0.25) is 0 Å². The largest absolute Gasteiger partial charge is 0.368 e. The number of ether oxygens (including phenoxy) is 1. The Morgan fingerprint density at radius 2 is 2.04 bits per heavy atom. The molecule has 1 aromatic carbocycles. The Labute approximate surface area is 164 Å². The van der Waals surface area contributed by atoms with Gasteiger partial charge in [0, 0.05) is 30.5 Å². The van der Waals surface area contributed by atoms with Crippen LogP contribution >= 0.6 is 11.3 Å². The van der Waals surface area contributed by atoms with E-state index in [1.807, 2.05) is 0 Å². The number of nitrogens with one attached hydrogen (secondary N) is 1. The summed E-state index contributed by atoms with van der Waals surface area (Å²) in [6.45, 7) is 0.722. The number of anilines is 1. The summed E-state index contributed by atoms with van der Waals surface area (Å²) in [4.78, 5) is 16.8. The highest BCUT2D eigenvalue weighted by Crippen LogP contribution is 2.31. The predicted octanol–water partition coefficient (Wildman–Crippen LogP) is 2.29. The van der Waals surface area contributed by atoms with Crippen molar-refractivity contribution in [2.24, 2.45) is 0 Å². The van der Waals surface area contributed by atoms with E-state index in [4.69, 9.17) is 4.74 Å². The molecule has 11 heteroatoms. The van der Waals surface area contributed by atoms with Gasteiger partial charge < -0.3 is 4.74 Å². The maximum atomic E-state index is 13.4.